The van der Waals surface area contributed by atoms with Crippen molar-refractivity contribution in [2.45, 2.75) is 6.42 Å². The number of carboxylic acid groups (broad SMARTS) is 1. The van der Waals surface area contributed by atoms with E-state index < -0.39 is 11.8 Å². The van der Waals surface area contributed by atoms with Gasteiger partial charge in [-0.3, -0.25) is 4.79 Å². The van der Waals surface area contributed by atoms with Gasteiger partial charge in [0.1, 0.15) is 22.5 Å². The predicted molar refractivity (Wildman–Crippen MR) is 120 cm³/mol. The van der Waals surface area contributed by atoms with Crippen LogP contribution in [0.25, 0.3) is 16.6 Å². The second kappa shape index (κ2) is 9.35. The molecule has 0 saturated carbocycles. The first kappa shape index (κ1) is 21.8. The zero-order valence-corrected chi connectivity index (χ0v) is 17.9. The second-order valence-corrected chi connectivity index (χ2v) is 7.21. The molecule has 0 bridgehead atoms. The largest absolute Gasteiger partial charge is 0.497 e. The lowest BCUT2D eigenvalue weighted by Gasteiger charge is -2.14. The summed E-state index contributed by atoms with van der Waals surface area (Å²) >= 11 is 0. The first-order valence-corrected chi connectivity index (χ1v) is 10.0. The van der Waals surface area contributed by atoms with Crippen LogP contribution in [0.2, 0.25) is 0 Å². The van der Waals surface area contributed by atoms with Crippen LogP contribution in [0, 0.1) is 0 Å². The molecule has 8 nitrogen and oxygen atoms in total. The van der Waals surface area contributed by atoms with Gasteiger partial charge in [0.15, 0.2) is 5.78 Å². The second-order valence-electron chi connectivity index (χ2n) is 7.21. The van der Waals surface area contributed by atoms with E-state index in [1.807, 2.05) is 6.07 Å². The summed E-state index contributed by atoms with van der Waals surface area (Å²) in [4.78, 5) is 26.0. The number of ether oxygens (including phenoxy) is 2. The molecule has 166 valence electrons. The van der Waals surface area contributed by atoms with Crippen molar-refractivity contribution in [1.29, 1.82) is 0 Å². The zero-order chi connectivity index (χ0) is 23.4. The fourth-order valence-electron chi connectivity index (χ4n) is 3.55. The molecule has 4 rings (SSSR count). The zero-order valence-electron chi connectivity index (χ0n) is 17.9. The van der Waals surface area contributed by atoms with Gasteiger partial charge < -0.3 is 14.6 Å². The summed E-state index contributed by atoms with van der Waals surface area (Å²) in [6, 6.07) is 18.4. The molecule has 0 saturated heterocycles. The number of nitrogens with zero attached hydrogens (tertiary/aromatic N) is 2. The number of rotatable bonds is 8. The van der Waals surface area contributed by atoms with Crippen molar-refractivity contribution in [3.05, 3.63) is 89.0 Å². The Balaban J connectivity index is 1.89. The molecule has 0 aliphatic carbocycles. The van der Waals surface area contributed by atoms with Gasteiger partial charge >= 0.3 is 5.97 Å². The van der Waals surface area contributed by atoms with Gasteiger partial charge in [0.2, 0.25) is 0 Å². The maximum atomic E-state index is 13.6. The van der Waals surface area contributed by atoms with Gasteiger partial charge in [0, 0.05) is 17.6 Å². The molecular weight excluding hydrogens is 424 g/mol. The van der Waals surface area contributed by atoms with Gasteiger partial charge in [0.25, 0.3) is 0 Å². The molecule has 8 heteroatoms. The van der Waals surface area contributed by atoms with E-state index >= 15 is 0 Å². The number of ketones is 1. The lowest BCUT2D eigenvalue weighted by molar-refractivity contribution is -0.130. The van der Waals surface area contributed by atoms with Crippen molar-refractivity contribution in [3.8, 4) is 11.5 Å². The quantitative estimate of drug-likeness (QED) is 0.318. The molecule has 1 heterocycles. The molecule has 0 fully saturated rings. The molecule has 0 radical (unpaired) electrons. The smallest absolute Gasteiger partial charge is 0.336 e. The van der Waals surface area contributed by atoms with E-state index in [4.69, 9.17) is 14.1 Å². The normalized spacial score (nSPS) is 11.7. The topological polar surface area (TPSA) is 112 Å². The minimum Gasteiger partial charge on any atom is -0.497 e. The Labute approximate surface area is 189 Å². The Hall–Kier alpha value is -4.46. The number of methoxy groups -OCH3 is 2. The van der Waals surface area contributed by atoms with Crippen LogP contribution in [-0.4, -0.2) is 41.4 Å². The summed E-state index contributed by atoms with van der Waals surface area (Å²) < 4.78 is 15.2. The van der Waals surface area contributed by atoms with Crippen molar-refractivity contribution in [2.75, 3.05) is 14.2 Å². The highest BCUT2D eigenvalue weighted by Gasteiger charge is 2.24. The van der Waals surface area contributed by atoms with E-state index in [2.05, 4.69) is 10.3 Å². The first-order chi connectivity index (χ1) is 16.0. The Kier molecular flexibility index (Phi) is 6.17. The lowest BCUT2D eigenvalue weighted by atomic mass is 9.89. The predicted octanol–water partition coefficient (Wildman–Crippen LogP) is 4.20. The third kappa shape index (κ3) is 4.59. The molecular formula is C25H20N2O6. The third-order valence-electron chi connectivity index (χ3n) is 5.20. The summed E-state index contributed by atoms with van der Waals surface area (Å²) in [5.41, 5.74) is 2.28. The highest BCUT2D eigenvalue weighted by molar-refractivity contribution is 6.26. The lowest BCUT2D eigenvalue weighted by Crippen LogP contribution is -2.14. The molecule has 0 unspecified atom stereocenters. The molecule has 0 spiro atoms. The maximum absolute atomic E-state index is 13.6. The SMILES string of the molecule is COc1ccc(C(=O)C(Cc2cccc(OC)c2)=C(C(=O)O)c2ccc3nonc3c2)cc1. The van der Waals surface area contributed by atoms with E-state index in [1.165, 1.54) is 7.11 Å². The summed E-state index contributed by atoms with van der Waals surface area (Å²) in [6.45, 7) is 0. The van der Waals surface area contributed by atoms with Gasteiger partial charge in [-0.2, -0.15) is 0 Å². The standard InChI is InChI=1S/C25H20N2O6/c1-31-18-9-6-16(7-10-18)24(28)20(13-15-4-3-5-19(12-15)32-2)23(25(29)30)17-8-11-21-22(14-17)27-33-26-21/h3-12,14H,13H2,1-2H3,(H,29,30). The summed E-state index contributed by atoms with van der Waals surface area (Å²) in [5, 5.41) is 17.7. The third-order valence-corrected chi connectivity index (χ3v) is 5.20. The average molecular weight is 444 g/mol. The van der Waals surface area contributed by atoms with Gasteiger partial charge in [0.05, 0.1) is 19.8 Å². The molecule has 1 aromatic heterocycles. The van der Waals surface area contributed by atoms with Gasteiger partial charge in [-0.05, 0) is 70.0 Å². The van der Waals surface area contributed by atoms with Crippen LogP contribution in [0.5, 0.6) is 11.5 Å². The number of Topliss-reactive ketones (excluding diaryl/α,β-unsaturated/α-hetero) is 1. The van der Waals surface area contributed by atoms with Crippen LogP contribution in [0.1, 0.15) is 21.5 Å². The number of carboxylic acids is 1. The van der Waals surface area contributed by atoms with Crippen molar-refractivity contribution in [1.82, 2.24) is 10.3 Å². The number of carbonyl (C=O) groups is 2. The van der Waals surface area contributed by atoms with Crippen LogP contribution < -0.4 is 9.47 Å². The number of aromatic nitrogens is 2. The van der Waals surface area contributed by atoms with Gasteiger partial charge in [-0.1, -0.05) is 18.2 Å². The molecule has 0 atom stereocenters. The Morgan fingerprint density at radius 3 is 2.24 bits per heavy atom. The number of fused-ring (bicyclic) bond motifs is 1. The maximum Gasteiger partial charge on any atom is 0.336 e. The van der Waals surface area contributed by atoms with Crippen LogP contribution in [0.4, 0.5) is 0 Å². The van der Waals surface area contributed by atoms with E-state index in [-0.39, 0.29) is 17.6 Å². The number of allylic oxidation sites excluding steroid dienone is 1. The molecule has 0 aliphatic heterocycles. The number of aliphatic carboxylic acids is 1. The van der Waals surface area contributed by atoms with Crippen LogP contribution in [0.15, 0.2) is 76.9 Å². The Morgan fingerprint density at radius 2 is 1.55 bits per heavy atom. The van der Waals surface area contributed by atoms with E-state index in [0.29, 0.717) is 33.7 Å². The average Bonchev–Trinajstić information content (AvgIpc) is 3.31. The molecule has 4 aromatic rings. The summed E-state index contributed by atoms with van der Waals surface area (Å²) in [6.07, 6.45) is 0.0821. The minimum absolute atomic E-state index is 0.0821. The van der Waals surface area contributed by atoms with Crippen molar-refractivity contribution in [3.63, 3.8) is 0 Å². The monoisotopic (exact) mass is 444 g/mol. The number of hydrogen-bond acceptors (Lipinski definition) is 7. The summed E-state index contributed by atoms with van der Waals surface area (Å²) in [7, 11) is 3.07. The number of carbonyl (C=O) groups excluding carboxylic acids is 1. The van der Waals surface area contributed by atoms with Gasteiger partial charge in [-0.25, -0.2) is 9.42 Å². The van der Waals surface area contributed by atoms with E-state index in [0.717, 1.165) is 5.56 Å². The molecule has 33 heavy (non-hydrogen) atoms. The van der Waals surface area contributed by atoms with Crippen LogP contribution >= 0.6 is 0 Å². The molecule has 0 aliphatic rings. The molecule has 1 N–H and O–H groups in total. The highest BCUT2D eigenvalue weighted by atomic mass is 16.6. The van der Waals surface area contributed by atoms with Crippen molar-refractivity contribution in [2.24, 2.45) is 0 Å². The number of hydrogen-bond donors (Lipinski definition) is 1. The fourth-order valence-corrected chi connectivity index (χ4v) is 3.55. The van der Waals surface area contributed by atoms with Crippen molar-refractivity contribution < 1.29 is 28.8 Å². The van der Waals surface area contributed by atoms with E-state index in [9.17, 15) is 14.7 Å². The fraction of sp³-hybridized carbons (Fsp3) is 0.120. The highest BCUT2D eigenvalue weighted by Crippen LogP contribution is 2.28. The Morgan fingerprint density at radius 1 is 0.848 bits per heavy atom. The first-order valence-electron chi connectivity index (χ1n) is 10.0. The van der Waals surface area contributed by atoms with E-state index in [1.54, 1.807) is 67.8 Å². The molecule has 3 aromatic carbocycles. The van der Waals surface area contributed by atoms with Gasteiger partial charge in [-0.15, -0.1) is 0 Å². The van der Waals surface area contributed by atoms with Crippen LogP contribution in [0.3, 0.4) is 0 Å². The minimum atomic E-state index is -1.23. The van der Waals surface area contributed by atoms with Crippen molar-refractivity contribution >= 4 is 28.4 Å². The molecule has 0 amide bonds. The Bertz CT molecular complexity index is 1350. The summed E-state index contributed by atoms with van der Waals surface area (Å²) in [5.74, 6) is -0.440. The number of benzene rings is 3. The van der Waals surface area contributed by atoms with Crippen LogP contribution in [-0.2, 0) is 11.2 Å².